The van der Waals surface area contributed by atoms with Crippen LogP contribution >= 0.6 is 11.3 Å². The minimum Gasteiger partial charge on any atom is -0.444 e. The van der Waals surface area contributed by atoms with Gasteiger partial charge in [0.1, 0.15) is 5.60 Å². The molecule has 2 aromatic rings. The number of hydrogen-bond donors (Lipinski definition) is 0. The van der Waals surface area contributed by atoms with Crippen LogP contribution in [0, 0.1) is 0 Å². The summed E-state index contributed by atoms with van der Waals surface area (Å²) in [6, 6.07) is 0. The second-order valence-corrected chi connectivity index (χ2v) is 9.46. The molecule has 1 amide bonds. The normalized spacial score (nSPS) is 13.6. The number of alkyl halides is 2. The van der Waals surface area contributed by atoms with E-state index in [1.165, 1.54) is 13.3 Å². The third kappa shape index (κ3) is 4.67. The molecule has 2 aromatic heterocycles. The molecule has 2 rings (SSSR count). The quantitative estimate of drug-likeness (QED) is 0.749. The van der Waals surface area contributed by atoms with Crippen LogP contribution in [0.2, 0.25) is 0 Å². The maximum atomic E-state index is 14.8. The Labute approximate surface area is 160 Å². The number of amides is 1. The zero-order valence-electron chi connectivity index (χ0n) is 15.7. The van der Waals surface area contributed by atoms with E-state index in [9.17, 15) is 22.6 Å². The van der Waals surface area contributed by atoms with Gasteiger partial charge >= 0.3 is 12.0 Å². The van der Waals surface area contributed by atoms with Crippen LogP contribution in [0.4, 0.5) is 13.6 Å². The van der Waals surface area contributed by atoms with Crippen LogP contribution in [0.5, 0.6) is 0 Å². The van der Waals surface area contributed by atoms with E-state index in [0.29, 0.717) is 4.57 Å². The number of hydrogen-bond acceptors (Lipinski definition) is 7. The zero-order chi connectivity index (χ0) is 20.7. The van der Waals surface area contributed by atoms with Crippen LogP contribution < -0.4 is 5.56 Å². The molecule has 0 aliphatic heterocycles. The highest BCUT2D eigenvalue weighted by molar-refractivity contribution is 7.86. The van der Waals surface area contributed by atoms with Gasteiger partial charge in [-0.25, -0.2) is 14.8 Å². The molecule has 0 aliphatic carbocycles. The first-order valence-electron chi connectivity index (χ1n) is 7.76. The summed E-state index contributed by atoms with van der Waals surface area (Å²) >= 11 is 0.817. The summed E-state index contributed by atoms with van der Waals surface area (Å²) in [4.78, 5) is 32.8. The van der Waals surface area contributed by atoms with E-state index in [-0.39, 0.29) is 14.7 Å². The van der Waals surface area contributed by atoms with Crippen LogP contribution in [0.25, 0.3) is 10.3 Å². The summed E-state index contributed by atoms with van der Waals surface area (Å²) in [6.07, 6.45) is 0.447. The van der Waals surface area contributed by atoms with E-state index >= 15 is 0 Å². The molecule has 0 bridgehead atoms. The summed E-state index contributed by atoms with van der Waals surface area (Å²) in [7, 11) is 0.849. The van der Waals surface area contributed by atoms with Crippen molar-refractivity contribution < 1.29 is 22.5 Å². The Hall–Kier alpha value is -1.95. The fourth-order valence-corrected chi connectivity index (χ4v) is 3.75. The summed E-state index contributed by atoms with van der Waals surface area (Å²) in [5.74, 6) is -4.43. The second kappa shape index (κ2) is 7.23. The van der Waals surface area contributed by atoms with Gasteiger partial charge in [-0.1, -0.05) is 11.3 Å². The molecule has 0 radical (unpaired) electrons. The molecule has 0 N–H and O–H groups in total. The van der Waals surface area contributed by atoms with Crippen LogP contribution in [0.15, 0.2) is 9.13 Å². The van der Waals surface area contributed by atoms with Crippen molar-refractivity contribution >= 4 is 38.6 Å². The van der Waals surface area contributed by atoms with Gasteiger partial charge in [-0.2, -0.15) is 8.78 Å². The van der Waals surface area contributed by atoms with Crippen molar-refractivity contribution in [3.8, 4) is 0 Å². The lowest BCUT2D eigenvalue weighted by molar-refractivity contribution is -0.0498. The molecule has 2 heterocycles. The van der Waals surface area contributed by atoms with Gasteiger partial charge in [-0.05, 0) is 20.8 Å². The lowest BCUT2D eigenvalue weighted by Gasteiger charge is -2.27. The van der Waals surface area contributed by atoms with Gasteiger partial charge in [0.15, 0.2) is 20.5 Å². The molecular weight excluding hydrogens is 402 g/mol. The molecule has 12 heteroatoms. The van der Waals surface area contributed by atoms with Crippen molar-refractivity contribution in [3.63, 3.8) is 0 Å². The van der Waals surface area contributed by atoms with Crippen molar-refractivity contribution in [2.75, 3.05) is 19.8 Å². The Kier molecular flexibility index (Phi) is 5.71. The third-order valence-electron chi connectivity index (χ3n) is 3.34. The van der Waals surface area contributed by atoms with Gasteiger partial charge in [-0.3, -0.25) is 13.6 Å². The van der Waals surface area contributed by atoms with Crippen molar-refractivity contribution in [2.24, 2.45) is 7.05 Å². The van der Waals surface area contributed by atoms with E-state index < -0.39 is 46.3 Å². The molecule has 0 aliphatic rings. The first-order chi connectivity index (χ1) is 12.2. The number of aromatic nitrogens is 3. The number of fused-ring (bicyclic) bond motifs is 1. The molecule has 150 valence electrons. The van der Waals surface area contributed by atoms with Crippen molar-refractivity contribution in [1.29, 1.82) is 0 Å². The second-order valence-electron chi connectivity index (χ2n) is 6.93. The van der Waals surface area contributed by atoms with Gasteiger partial charge in [0.2, 0.25) is 0 Å². The number of halogens is 2. The number of ether oxygens (including phenoxy) is 1. The van der Waals surface area contributed by atoms with Gasteiger partial charge in [0.05, 0.1) is 17.3 Å². The average Bonchev–Trinajstić information content (AvgIpc) is 2.93. The number of rotatable bonds is 4. The largest absolute Gasteiger partial charge is 0.444 e. The van der Waals surface area contributed by atoms with Gasteiger partial charge in [0.25, 0.3) is 5.56 Å². The van der Waals surface area contributed by atoms with Crippen molar-refractivity contribution in [3.05, 3.63) is 16.2 Å². The van der Waals surface area contributed by atoms with E-state index in [4.69, 9.17) is 4.74 Å². The fraction of sp³-hybridized carbons (Fsp3) is 0.600. The van der Waals surface area contributed by atoms with Gasteiger partial charge in [-0.15, -0.1) is 0 Å². The molecule has 0 saturated carbocycles. The Balaban J connectivity index is 2.41. The van der Waals surface area contributed by atoms with Crippen LogP contribution in [0.1, 0.15) is 26.6 Å². The number of likely N-dealkylation sites (N-methyl/N-ethyl adjacent to an activating group) is 1. The average molecular weight is 422 g/mol. The molecule has 0 saturated heterocycles. The van der Waals surface area contributed by atoms with Crippen LogP contribution in [-0.4, -0.2) is 55.2 Å². The Bertz CT molecular complexity index is 965. The monoisotopic (exact) mass is 422 g/mol. The molecule has 27 heavy (non-hydrogen) atoms. The van der Waals surface area contributed by atoms with E-state index in [1.807, 2.05) is 0 Å². The smallest absolute Gasteiger partial charge is 0.410 e. The first-order valence-corrected chi connectivity index (χ1v) is 10.1. The van der Waals surface area contributed by atoms with Gasteiger partial charge in [0, 0.05) is 20.4 Å². The maximum Gasteiger partial charge on any atom is 0.410 e. The summed E-state index contributed by atoms with van der Waals surface area (Å²) in [5, 5.41) is 0. The standard InChI is InChI=1S/C15H20F2N4O4S2/c1-14(2,3)25-13(23)20(4)7-15(16,17)11-19-9-8(10(22)21(11)5)18-12(26-9)27(6)24/h7H2,1-6H3. The summed E-state index contributed by atoms with van der Waals surface area (Å²) in [6.45, 7) is 3.83. The first kappa shape index (κ1) is 21.4. The minimum atomic E-state index is -3.62. The summed E-state index contributed by atoms with van der Waals surface area (Å²) in [5.41, 5.74) is -1.73. The van der Waals surface area contributed by atoms with Crippen LogP contribution in [0.3, 0.4) is 0 Å². The molecule has 8 nitrogen and oxygen atoms in total. The predicted molar refractivity (Wildman–Crippen MR) is 97.7 cm³/mol. The van der Waals surface area contributed by atoms with Crippen molar-refractivity contribution in [1.82, 2.24) is 19.4 Å². The number of thiazole rings is 1. The van der Waals surface area contributed by atoms with E-state index in [1.54, 1.807) is 20.8 Å². The maximum absolute atomic E-state index is 14.8. The molecule has 0 aromatic carbocycles. The number of carbonyl (C=O) groups is 1. The third-order valence-corrected chi connectivity index (χ3v) is 5.62. The predicted octanol–water partition coefficient (Wildman–Crippen LogP) is 2.09. The SMILES string of the molecule is CN(CC(F)(F)c1nc2sc(S(C)=O)nc2c(=O)n1C)C(=O)OC(C)(C)C. The fourth-order valence-electron chi connectivity index (χ4n) is 2.16. The highest BCUT2D eigenvalue weighted by atomic mass is 32.2. The zero-order valence-corrected chi connectivity index (χ0v) is 17.3. The Morgan fingerprint density at radius 3 is 2.44 bits per heavy atom. The number of carbonyl (C=O) groups excluding carboxylic acids is 1. The van der Waals surface area contributed by atoms with E-state index in [0.717, 1.165) is 23.3 Å². The lowest BCUT2D eigenvalue weighted by atomic mass is 10.2. The summed E-state index contributed by atoms with van der Waals surface area (Å²) < 4.78 is 47.0. The highest BCUT2D eigenvalue weighted by Gasteiger charge is 2.40. The minimum absolute atomic E-state index is 0.0297. The topological polar surface area (TPSA) is 94.4 Å². The van der Waals surface area contributed by atoms with Gasteiger partial charge < -0.3 is 9.64 Å². The molecule has 1 atom stereocenters. The molecule has 0 fully saturated rings. The highest BCUT2D eigenvalue weighted by Crippen LogP contribution is 2.29. The van der Waals surface area contributed by atoms with Crippen molar-refractivity contribution in [2.45, 2.75) is 36.6 Å². The number of nitrogens with zero attached hydrogens (tertiary/aromatic N) is 4. The van der Waals surface area contributed by atoms with E-state index in [2.05, 4.69) is 9.97 Å². The molecule has 1 unspecified atom stereocenters. The van der Waals surface area contributed by atoms with Crippen LogP contribution in [-0.2, 0) is 28.5 Å². The molecule has 0 spiro atoms. The lowest BCUT2D eigenvalue weighted by Crippen LogP contribution is -2.42. The Morgan fingerprint density at radius 1 is 1.33 bits per heavy atom. The Morgan fingerprint density at radius 2 is 1.93 bits per heavy atom. The molecular formula is C15H20F2N4O4S2.